The Morgan fingerprint density at radius 1 is 1.22 bits per heavy atom. The second-order valence-electron chi connectivity index (χ2n) is 7.77. The Bertz CT molecular complexity index is 769. The molecule has 0 spiro atoms. The highest BCUT2D eigenvalue weighted by atomic mass is 15.3. The Morgan fingerprint density at radius 3 is 2.81 bits per heavy atom. The summed E-state index contributed by atoms with van der Waals surface area (Å²) in [4.78, 5) is 7.40. The highest BCUT2D eigenvalue weighted by molar-refractivity contribution is 5.80. The van der Waals surface area contributed by atoms with Crippen molar-refractivity contribution < 1.29 is 0 Å². The number of fused-ring (bicyclic) bond motifs is 3. The van der Waals surface area contributed by atoms with Crippen LogP contribution in [0.15, 0.2) is 29.4 Å². The molecule has 0 saturated carbocycles. The van der Waals surface area contributed by atoms with Gasteiger partial charge in [-0.05, 0) is 51.8 Å². The summed E-state index contributed by atoms with van der Waals surface area (Å²) in [5.41, 5.74) is 0.888. The number of piperidine rings is 2. The van der Waals surface area contributed by atoms with E-state index in [1.165, 1.54) is 32.1 Å². The second-order valence-corrected chi connectivity index (χ2v) is 7.77. The Morgan fingerprint density at radius 2 is 2.04 bits per heavy atom. The van der Waals surface area contributed by atoms with E-state index in [1.807, 2.05) is 28.8 Å². The van der Waals surface area contributed by atoms with Gasteiger partial charge in [0.25, 0.3) is 0 Å². The molecule has 2 aliphatic rings. The van der Waals surface area contributed by atoms with E-state index in [0.29, 0.717) is 12.6 Å². The summed E-state index contributed by atoms with van der Waals surface area (Å²) in [6.45, 7) is 3.69. The van der Waals surface area contributed by atoms with Crippen molar-refractivity contribution in [3.8, 4) is 0 Å². The maximum atomic E-state index is 4.80. The zero-order chi connectivity index (χ0) is 18.6. The van der Waals surface area contributed by atoms with Crippen LogP contribution in [0.3, 0.4) is 0 Å². The molecule has 0 amide bonds. The van der Waals surface area contributed by atoms with Gasteiger partial charge in [0.05, 0.1) is 0 Å². The molecular weight excluding hydrogens is 338 g/mol. The highest BCUT2D eigenvalue weighted by Gasteiger charge is 2.36. The first kappa shape index (κ1) is 18.2. The number of aliphatic imine (C=N–C) groups is 1. The van der Waals surface area contributed by atoms with E-state index in [2.05, 4.69) is 39.7 Å². The van der Waals surface area contributed by atoms with Crippen molar-refractivity contribution in [2.24, 2.45) is 4.99 Å². The molecule has 2 fully saturated rings. The molecule has 27 heavy (non-hydrogen) atoms. The first-order chi connectivity index (χ1) is 13.2. The van der Waals surface area contributed by atoms with Crippen LogP contribution in [0.25, 0.3) is 5.65 Å². The zero-order valence-corrected chi connectivity index (χ0v) is 16.4. The van der Waals surface area contributed by atoms with Crippen LogP contribution in [0.2, 0.25) is 0 Å². The van der Waals surface area contributed by atoms with Crippen LogP contribution in [-0.2, 0) is 6.42 Å². The van der Waals surface area contributed by atoms with E-state index < -0.39 is 0 Å². The Kier molecular flexibility index (Phi) is 5.57. The molecule has 2 aromatic heterocycles. The molecule has 146 valence electrons. The molecule has 4 heterocycles. The number of nitrogens with zero attached hydrogens (tertiary/aromatic N) is 5. The molecule has 2 aliphatic heterocycles. The topological polar surface area (TPSA) is 69.8 Å². The number of pyridine rings is 1. The Balaban J connectivity index is 1.37. The van der Waals surface area contributed by atoms with E-state index in [0.717, 1.165) is 42.5 Å². The molecule has 2 saturated heterocycles. The molecule has 2 N–H and O–H groups in total. The van der Waals surface area contributed by atoms with Crippen molar-refractivity contribution in [1.29, 1.82) is 0 Å². The number of rotatable bonds is 5. The zero-order valence-electron chi connectivity index (χ0n) is 16.4. The van der Waals surface area contributed by atoms with Crippen LogP contribution in [0.5, 0.6) is 0 Å². The van der Waals surface area contributed by atoms with Crippen molar-refractivity contribution in [3.63, 3.8) is 0 Å². The molecule has 2 aromatic rings. The van der Waals surface area contributed by atoms with Crippen LogP contribution in [-0.4, -0.2) is 63.7 Å². The third-order valence-corrected chi connectivity index (χ3v) is 6.01. The van der Waals surface area contributed by atoms with Gasteiger partial charge in [0, 0.05) is 43.8 Å². The van der Waals surface area contributed by atoms with Gasteiger partial charge in [0.2, 0.25) is 0 Å². The SMILES string of the molecule is CCNC(=NCCc1nnc2ccccn12)NC1CC2CCCC(C1)N2C. The van der Waals surface area contributed by atoms with Crippen molar-refractivity contribution >= 4 is 11.6 Å². The summed E-state index contributed by atoms with van der Waals surface area (Å²) in [7, 11) is 2.30. The summed E-state index contributed by atoms with van der Waals surface area (Å²) in [6.07, 6.45) is 9.26. The van der Waals surface area contributed by atoms with E-state index in [9.17, 15) is 0 Å². The largest absolute Gasteiger partial charge is 0.357 e. The molecular formula is C20H31N7. The van der Waals surface area contributed by atoms with Gasteiger partial charge in [-0.1, -0.05) is 12.5 Å². The van der Waals surface area contributed by atoms with Crippen LogP contribution in [0.4, 0.5) is 0 Å². The lowest BCUT2D eigenvalue weighted by molar-refractivity contribution is 0.0526. The van der Waals surface area contributed by atoms with E-state index in [-0.39, 0.29) is 0 Å². The van der Waals surface area contributed by atoms with Gasteiger partial charge in [-0.3, -0.25) is 9.39 Å². The summed E-state index contributed by atoms with van der Waals surface area (Å²) >= 11 is 0. The lowest BCUT2D eigenvalue weighted by Gasteiger charge is -2.47. The van der Waals surface area contributed by atoms with Crippen LogP contribution < -0.4 is 10.6 Å². The van der Waals surface area contributed by atoms with Gasteiger partial charge in [-0.2, -0.15) is 0 Å². The van der Waals surface area contributed by atoms with Gasteiger partial charge in [0.15, 0.2) is 11.6 Å². The van der Waals surface area contributed by atoms with E-state index >= 15 is 0 Å². The molecule has 2 bridgehead atoms. The summed E-state index contributed by atoms with van der Waals surface area (Å²) in [5, 5.41) is 15.6. The first-order valence-corrected chi connectivity index (χ1v) is 10.3. The third kappa shape index (κ3) is 4.08. The fourth-order valence-electron chi connectivity index (χ4n) is 4.58. The van der Waals surface area contributed by atoms with Crippen molar-refractivity contribution in [2.75, 3.05) is 20.1 Å². The average Bonchev–Trinajstić information content (AvgIpc) is 3.06. The van der Waals surface area contributed by atoms with Gasteiger partial charge < -0.3 is 15.5 Å². The van der Waals surface area contributed by atoms with Crippen molar-refractivity contribution in [3.05, 3.63) is 30.2 Å². The normalized spacial score (nSPS) is 26.3. The fraction of sp³-hybridized carbons (Fsp3) is 0.650. The summed E-state index contributed by atoms with van der Waals surface area (Å²) in [5.74, 6) is 1.89. The van der Waals surface area contributed by atoms with E-state index in [4.69, 9.17) is 4.99 Å². The molecule has 2 unspecified atom stereocenters. The van der Waals surface area contributed by atoms with Crippen molar-refractivity contribution in [1.82, 2.24) is 30.1 Å². The van der Waals surface area contributed by atoms with E-state index in [1.54, 1.807) is 0 Å². The standard InChI is InChI=1S/C20H31N7/c1-3-21-20(23-15-13-16-7-6-8-17(14-15)26(16)2)22-11-10-19-25-24-18-9-4-5-12-27(18)19/h4-5,9,12,15-17H,3,6-8,10-11,13-14H2,1-2H3,(H2,21,22,23). The molecule has 0 aliphatic carbocycles. The molecule has 7 nitrogen and oxygen atoms in total. The minimum atomic E-state index is 0.517. The molecule has 7 heteroatoms. The van der Waals surface area contributed by atoms with Crippen LogP contribution in [0, 0.1) is 0 Å². The minimum Gasteiger partial charge on any atom is -0.357 e. The van der Waals surface area contributed by atoms with Gasteiger partial charge in [-0.15, -0.1) is 10.2 Å². The number of hydrogen-bond donors (Lipinski definition) is 2. The Labute approximate surface area is 161 Å². The van der Waals surface area contributed by atoms with Crippen LogP contribution >= 0.6 is 0 Å². The molecule has 4 rings (SSSR count). The van der Waals surface area contributed by atoms with Gasteiger partial charge in [-0.25, -0.2) is 0 Å². The lowest BCUT2D eigenvalue weighted by Crippen LogP contribution is -2.56. The third-order valence-electron chi connectivity index (χ3n) is 6.01. The second kappa shape index (κ2) is 8.25. The monoisotopic (exact) mass is 369 g/mol. The highest BCUT2D eigenvalue weighted by Crippen LogP contribution is 2.32. The van der Waals surface area contributed by atoms with Gasteiger partial charge in [0.1, 0.15) is 5.82 Å². The minimum absolute atomic E-state index is 0.517. The number of guanidine groups is 1. The van der Waals surface area contributed by atoms with Crippen LogP contribution in [0.1, 0.15) is 44.9 Å². The summed E-state index contributed by atoms with van der Waals surface area (Å²) < 4.78 is 2.04. The maximum Gasteiger partial charge on any atom is 0.191 e. The molecule has 0 radical (unpaired) electrons. The quantitative estimate of drug-likeness (QED) is 0.622. The maximum absolute atomic E-state index is 4.80. The smallest absolute Gasteiger partial charge is 0.191 e. The average molecular weight is 370 g/mol. The molecule has 2 atom stereocenters. The predicted octanol–water partition coefficient (Wildman–Crippen LogP) is 1.84. The van der Waals surface area contributed by atoms with Crippen molar-refractivity contribution in [2.45, 2.75) is 63.6 Å². The first-order valence-electron chi connectivity index (χ1n) is 10.3. The number of hydrogen-bond acceptors (Lipinski definition) is 4. The number of aromatic nitrogens is 3. The summed E-state index contributed by atoms with van der Waals surface area (Å²) in [6, 6.07) is 7.92. The van der Waals surface area contributed by atoms with Gasteiger partial charge >= 0.3 is 0 Å². The lowest BCUT2D eigenvalue weighted by atomic mass is 9.82. The number of nitrogens with one attached hydrogen (secondary N) is 2. The Hall–Kier alpha value is -2.15. The predicted molar refractivity (Wildman–Crippen MR) is 108 cm³/mol. The molecule has 0 aromatic carbocycles. The fourth-order valence-corrected chi connectivity index (χ4v) is 4.58.